The zero-order valence-corrected chi connectivity index (χ0v) is 18.3. The van der Waals surface area contributed by atoms with Crippen LogP contribution in [0.5, 0.6) is 5.75 Å². The second-order valence-electron chi connectivity index (χ2n) is 7.73. The summed E-state index contributed by atoms with van der Waals surface area (Å²) in [7, 11) is 0. The molecule has 1 aliphatic heterocycles. The van der Waals surface area contributed by atoms with Crippen molar-refractivity contribution in [2.24, 2.45) is 5.10 Å². The number of ether oxygens (including phenoxy) is 1. The highest BCUT2D eigenvalue weighted by Crippen LogP contribution is 2.44. The lowest BCUT2D eigenvalue weighted by molar-refractivity contribution is -0.402. The number of hydrazone groups is 1. The summed E-state index contributed by atoms with van der Waals surface area (Å²) in [5.74, 6) is -0.286. The van der Waals surface area contributed by atoms with Crippen molar-refractivity contribution in [1.29, 1.82) is 0 Å². The first-order valence-corrected chi connectivity index (χ1v) is 10.8. The van der Waals surface area contributed by atoms with Crippen LogP contribution in [-0.4, -0.2) is 17.0 Å². The number of fused-ring (bicyclic) bond motifs is 1. The fourth-order valence-electron chi connectivity index (χ4n) is 4.00. The van der Waals surface area contributed by atoms with Crippen molar-refractivity contribution in [3.8, 4) is 5.75 Å². The standard InChI is InChI=1S/C27H19N3O5/c31-27(23-15-16-24(34-23)30(32)33)29-28-17-21-25(18-9-3-1-4-10-18)20-13-7-8-14-22(20)35-26(21)19-11-5-2-6-12-19/h1-17,25H,(H,29,31). The van der Waals surface area contributed by atoms with Gasteiger partial charge in [-0.1, -0.05) is 78.9 Å². The number of carbonyl (C=O) groups excluding carboxylic acids is 1. The highest BCUT2D eigenvalue weighted by atomic mass is 16.6. The van der Waals surface area contributed by atoms with Crippen LogP contribution in [0.2, 0.25) is 0 Å². The van der Waals surface area contributed by atoms with Gasteiger partial charge < -0.3 is 9.15 Å². The Hall–Kier alpha value is -4.98. The van der Waals surface area contributed by atoms with Crippen LogP contribution in [-0.2, 0) is 0 Å². The molecule has 1 aromatic heterocycles. The van der Waals surface area contributed by atoms with Gasteiger partial charge in [-0.2, -0.15) is 5.10 Å². The van der Waals surface area contributed by atoms with Crippen LogP contribution in [0.25, 0.3) is 5.76 Å². The molecule has 8 heteroatoms. The van der Waals surface area contributed by atoms with Crippen LogP contribution in [0.1, 0.15) is 33.2 Å². The number of rotatable bonds is 6. The molecule has 3 aromatic carbocycles. The van der Waals surface area contributed by atoms with Crippen molar-refractivity contribution in [3.05, 3.63) is 135 Å². The molecule has 35 heavy (non-hydrogen) atoms. The first-order chi connectivity index (χ1) is 17.1. The summed E-state index contributed by atoms with van der Waals surface area (Å²) < 4.78 is 11.3. The van der Waals surface area contributed by atoms with Crippen molar-refractivity contribution in [1.82, 2.24) is 5.43 Å². The van der Waals surface area contributed by atoms with Gasteiger partial charge in [-0.15, -0.1) is 0 Å². The van der Waals surface area contributed by atoms with Gasteiger partial charge >= 0.3 is 11.8 Å². The number of nitrogens with zero attached hydrogens (tertiary/aromatic N) is 2. The molecule has 0 saturated heterocycles. The fraction of sp³-hybridized carbons (Fsp3) is 0.0370. The highest BCUT2D eigenvalue weighted by Gasteiger charge is 2.30. The van der Waals surface area contributed by atoms with Gasteiger partial charge in [0.15, 0.2) is 0 Å². The third-order valence-corrected chi connectivity index (χ3v) is 5.55. The van der Waals surface area contributed by atoms with E-state index in [4.69, 9.17) is 9.15 Å². The zero-order valence-electron chi connectivity index (χ0n) is 18.3. The van der Waals surface area contributed by atoms with E-state index >= 15 is 0 Å². The van der Waals surface area contributed by atoms with Crippen LogP contribution in [0.4, 0.5) is 5.88 Å². The third-order valence-electron chi connectivity index (χ3n) is 5.55. The van der Waals surface area contributed by atoms with Gasteiger partial charge in [-0.25, -0.2) is 5.43 Å². The summed E-state index contributed by atoms with van der Waals surface area (Å²) in [6.45, 7) is 0. The number of nitro groups is 1. The highest BCUT2D eigenvalue weighted by molar-refractivity contribution is 5.96. The number of carbonyl (C=O) groups is 1. The van der Waals surface area contributed by atoms with Gasteiger partial charge in [-0.3, -0.25) is 14.9 Å². The van der Waals surface area contributed by atoms with Crippen molar-refractivity contribution in [2.75, 3.05) is 0 Å². The minimum Gasteiger partial charge on any atom is -0.456 e. The zero-order chi connectivity index (χ0) is 24.2. The Morgan fingerprint density at radius 2 is 1.60 bits per heavy atom. The molecule has 0 bridgehead atoms. The first-order valence-electron chi connectivity index (χ1n) is 10.8. The molecular formula is C27H19N3O5. The molecule has 4 aromatic rings. The molecule has 1 aliphatic rings. The van der Waals surface area contributed by atoms with E-state index in [1.165, 1.54) is 6.07 Å². The van der Waals surface area contributed by atoms with Crippen LogP contribution in [0.3, 0.4) is 0 Å². The third kappa shape index (κ3) is 4.45. The fourth-order valence-corrected chi connectivity index (χ4v) is 4.00. The Kier molecular flexibility index (Phi) is 5.92. The summed E-state index contributed by atoms with van der Waals surface area (Å²) in [5.41, 5.74) is 5.99. The van der Waals surface area contributed by atoms with Gasteiger partial charge in [0.25, 0.3) is 0 Å². The molecule has 0 saturated carbocycles. The second kappa shape index (κ2) is 9.48. The molecule has 2 heterocycles. The number of hydrogen-bond donors (Lipinski definition) is 1. The molecular weight excluding hydrogens is 446 g/mol. The molecule has 8 nitrogen and oxygen atoms in total. The second-order valence-corrected chi connectivity index (χ2v) is 7.73. The molecule has 172 valence electrons. The first kappa shape index (κ1) is 21.8. The van der Waals surface area contributed by atoms with E-state index in [-0.39, 0.29) is 11.7 Å². The van der Waals surface area contributed by atoms with Crippen LogP contribution >= 0.6 is 0 Å². The summed E-state index contributed by atoms with van der Waals surface area (Å²) in [6.07, 6.45) is 1.55. The monoisotopic (exact) mass is 465 g/mol. The van der Waals surface area contributed by atoms with E-state index in [2.05, 4.69) is 10.5 Å². The van der Waals surface area contributed by atoms with E-state index in [0.29, 0.717) is 5.76 Å². The van der Waals surface area contributed by atoms with Crippen molar-refractivity contribution < 1.29 is 18.9 Å². The Labute approximate surface area is 200 Å². The molecule has 0 radical (unpaired) electrons. The number of hydrogen-bond acceptors (Lipinski definition) is 6. The molecule has 0 spiro atoms. The molecule has 1 amide bonds. The lowest BCUT2D eigenvalue weighted by Crippen LogP contribution is -2.20. The minimum atomic E-state index is -0.710. The van der Waals surface area contributed by atoms with Crippen molar-refractivity contribution in [3.63, 3.8) is 0 Å². The summed E-state index contributed by atoms with van der Waals surface area (Å²) in [4.78, 5) is 22.6. The van der Waals surface area contributed by atoms with Gasteiger partial charge in [0.1, 0.15) is 16.4 Å². The number of para-hydroxylation sites is 1. The van der Waals surface area contributed by atoms with Crippen molar-refractivity contribution in [2.45, 2.75) is 5.92 Å². The van der Waals surface area contributed by atoms with E-state index in [1.54, 1.807) is 6.21 Å². The normalized spacial score (nSPS) is 14.9. The summed E-state index contributed by atoms with van der Waals surface area (Å²) >= 11 is 0. The summed E-state index contributed by atoms with van der Waals surface area (Å²) in [5, 5.41) is 15.0. The van der Waals surface area contributed by atoms with Gasteiger partial charge in [-0.05, 0) is 17.7 Å². The number of furan rings is 1. The van der Waals surface area contributed by atoms with Gasteiger partial charge in [0, 0.05) is 22.6 Å². The lowest BCUT2D eigenvalue weighted by Gasteiger charge is -2.29. The molecule has 0 fully saturated rings. The number of nitrogens with one attached hydrogen (secondary N) is 1. The Morgan fingerprint density at radius 3 is 2.31 bits per heavy atom. The Balaban J connectivity index is 1.56. The Bertz CT molecular complexity index is 1440. The number of benzene rings is 3. The van der Waals surface area contributed by atoms with Crippen LogP contribution < -0.4 is 10.2 Å². The maximum absolute atomic E-state index is 12.4. The minimum absolute atomic E-state index is 0.207. The van der Waals surface area contributed by atoms with E-state index in [9.17, 15) is 14.9 Å². The smallest absolute Gasteiger partial charge is 0.433 e. The largest absolute Gasteiger partial charge is 0.456 e. The number of amides is 1. The maximum Gasteiger partial charge on any atom is 0.433 e. The summed E-state index contributed by atoms with van der Waals surface area (Å²) in [6, 6.07) is 29.7. The van der Waals surface area contributed by atoms with Crippen LogP contribution in [0.15, 0.2) is 112 Å². The Morgan fingerprint density at radius 1 is 0.914 bits per heavy atom. The average molecular weight is 465 g/mol. The topological polar surface area (TPSA) is 107 Å². The molecule has 0 aliphatic carbocycles. The molecule has 5 rings (SSSR count). The van der Waals surface area contributed by atoms with E-state index < -0.39 is 16.7 Å². The van der Waals surface area contributed by atoms with Gasteiger partial charge in [0.05, 0.1) is 12.3 Å². The maximum atomic E-state index is 12.4. The van der Waals surface area contributed by atoms with Crippen molar-refractivity contribution >= 4 is 23.8 Å². The molecule has 1 unspecified atom stereocenters. The lowest BCUT2D eigenvalue weighted by atomic mass is 9.82. The van der Waals surface area contributed by atoms with E-state index in [1.807, 2.05) is 84.9 Å². The SMILES string of the molecule is O=C(NN=CC1=C(c2ccccc2)Oc2ccccc2C1c1ccccc1)c1ccc([N+](=O)[O-])o1. The van der Waals surface area contributed by atoms with Gasteiger partial charge in [0.2, 0.25) is 5.76 Å². The number of allylic oxidation sites excluding steroid dienone is 1. The quantitative estimate of drug-likeness (QED) is 0.229. The van der Waals surface area contributed by atoms with E-state index in [0.717, 1.165) is 34.1 Å². The molecule has 1 atom stereocenters. The van der Waals surface area contributed by atoms with Crippen LogP contribution in [0, 0.1) is 10.1 Å². The predicted molar refractivity (Wildman–Crippen MR) is 130 cm³/mol. The average Bonchev–Trinajstić information content (AvgIpc) is 3.40. The predicted octanol–water partition coefficient (Wildman–Crippen LogP) is 5.54. The molecule has 1 N–H and O–H groups in total.